The van der Waals surface area contributed by atoms with Crippen molar-refractivity contribution in [3.05, 3.63) is 26.9 Å². The molecule has 0 saturated heterocycles. The molecule has 1 aromatic heterocycles. The molecule has 5 heteroatoms. The van der Waals surface area contributed by atoms with Crippen molar-refractivity contribution in [3.63, 3.8) is 0 Å². The number of nitrogens with one attached hydrogen (secondary N) is 1. The molecule has 0 bridgehead atoms. The molecule has 0 amide bonds. The zero-order valence-electron chi connectivity index (χ0n) is 11.5. The molecule has 2 atom stereocenters. The first-order chi connectivity index (χ1) is 9.61. The van der Waals surface area contributed by atoms with Crippen LogP contribution in [0.4, 0.5) is 0 Å². The average molecular weight is 329 g/mol. The van der Waals surface area contributed by atoms with E-state index in [4.69, 9.17) is 35.4 Å². The number of aromatic amines is 1. The number of rotatable bonds is 2. The van der Waals surface area contributed by atoms with Crippen LogP contribution in [0.2, 0.25) is 10.0 Å². The molecule has 1 fully saturated rings. The highest BCUT2D eigenvalue weighted by atomic mass is 35.5. The maximum atomic E-state index is 6.18. The zero-order valence-corrected chi connectivity index (χ0v) is 13.8. The Bertz CT molecular complexity index is 689. The Labute approximate surface area is 134 Å². The predicted molar refractivity (Wildman–Crippen MR) is 88.4 cm³/mol. The van der Waals surface area contributed by atoms with Crippen LogP contribution in [0.25, 0.3) is 11.0 Å². The van der Waals surface area contributed by atoms with Gasteiger partial charge in [0.25, 0.3) is 0 Å². The summed E-state index contributed by atoms with van der Waals surface area (Å²) in [5.74, 6) is 0.698. The van der Waals surface area contributed by atoms with E-state index in [1.807, 2.05) is 12.1 Å². The summed E-state index contributed by atoms with van der Waals surface area (Å²) in [5.41, 5.74) is 2.06. The van der Waals surface area contributed by atoms with Gasteiger partial charge in [-0.2, -0.15) is 0 Å². The van der Waals surface area contributed by atoms with E-state index in [1.165, 1.54) is 32.1 Å². The highest BCUT2D eigenvalue weighted by Crippen LogP contribution is 2.39. The molecule has 1 aliphatic rings. The largest absolute Gasteiger partial charge is 0.331 e. The van der Waals surface area contributed by atoms with Crippen LogP contribution in [0.5, 0.6) is 0 Å². The standard InChI is InChI=1S/C15H18Cl2N2S/c1-2-9-5-3-4-6-13(9)19-14-8-11(17)10(16)7-12(14)18-15(19)20/h7-9,13H,2-6H2,1H3,(H,18,20). The number of benzene rings is 1. The van der Waals surface area contributed by atoms with E-state index in [2.05, 4.69) is 16.5 Å². The Kier molecular flexibility index (Phi) is 4.11. The minimum absolute atomic E-state index is 0.479. The molecule has 1 aromatic carbocycles. The lowest BCUT2D eigenvalue weighted by atomic mass is 9.82. The number of fused-ring (bicyclic) bond motifs is 1. The summed E-state index contributed by atoms with van der Waals surface area (Å²) in [5, 5.41) is 1.16. The van der Waals surface area contributed by atoms with Crippen LogP contribution in [0.1, 0.15) is 45.1 Å². The van der Waals surface area contributed by atoms with E-state index in [0.717, 1.165) is 15.8 Å². The summed E-state index contributed by atoms with van der Waals surface area (Å²) in [4.78, 5) is 3.27. The first-order valence-corrected chi connectivity index (χ1v) is 8.37. The van der Waals surface area contributed by atoms with Gasteiger partial charge in [-0.25, -0.2) is 0 Å². The molecule has 2 aromatic rings. The minimum atomic E-state index is 0.479. The van der Waals surface area contributed by atoms with Crippen molar-refractivity contribution < 1.29 is 0 Å². The highest BCUT2D eigenvalue weighted by Gasteiger charge is 2.27. The van der Waals surface area contributed by atoms with E-state index in [1.54, 1.807) is 0 Å². The van der Waals surface area contributed by atoms with E-state index in [9.17, 15) is 0 Å². The molecular weight excluding hydrogens is 311 g/mol. The maximum Gasteiger partial charge on any atom is 0.178 e. The van der Waals surface area contributed by atoms with Gasteiger partial charge in [0.1, 0.15) is 0 Å². The van der Waals surface area contributed by atoms with E-state index in [0.29, 0.717) is 22.0 Å². The van der Waals surface area contributed by atoms with Crippen LogP contribution < -0.4 is 0 Å². The Morgan fingerprint density at radius 3 is 2.70 bits per heavy atom. The lowest BCUT2D eigenvalue weighted by Crippen LogP contribution is -2.22. The number of hydrogen-bond acceptors (Lipinski definition) is 1. The van der Waals surface area contributed by atoms with Gasteiger partial charge in [0.15, 0.2) is 4.77 Å². The first kappa shape index (κ1) is 14.4. The molecule has 20 heavy (non-hydrogen) atoms. The number of aromatic nitrogens is 2. The van der Waals surface area contributed by atoms with Crippen LogP contribution in [0.3, 0.4) is 0 Å². The van der Waals surface area contributed by atoms with Crippen LogP contribution >= 0.6 is 35.4 Å². The first-order valence-electron chi connectivity index (χ1n) is 7.21. The van der Waals surface area contributed by atoms with Crippen molar-refractivity contribution >= 4 is 46.5 Å². The fourth-order valence-electron chi connectivity index (χ4n) is 3.45. The molecule has 108 valence electrons. The summed E-state index contributed by atoms with van der Waals surface area (Å²) in [6.07, 6.45) is 6.28. The summed E-state index contributed by atoms with van der Waals surface area (Å²) < 4.78 is 3.05. The second-order valence-corrected chi connectivity index (χ2v) is 6.80. The second-order valence-electron chi connectivity index (χ2n) is 5.60. The number of H-pyrrole nitrogens is 1. The van der Waals surface area contributed by atoms with Crippen molar-refractivity contribution in [2.75, 3.05) is 0 Å². The SMILES string of the molecule is CCC1CCCCC1n1c(=S)[nH]c2cc(Cl)c(Cl)cc21. The molecule has 0 spiro atoms. The van der Waals surface area contributed by atoms with Crippen LogP contribution in [-0.4, -0.2) is 9.55 Å². The van der Waals surface area contributed by atoms with Gasteiger partial charge in [-0.3, -0.25) is 0 Å². The smallest absolute Gasteiger partial charge is 0.178 e. The quantitative estimate of drug-likeness (QED) is 0.656. The summed E-state index contributed by atoms with van der Waals surface area (Å²) in [6, 6.07) is 4.29. The number of nitrogens with zero attached hydrogens (tertiary/aromatic N) is 1. The van der Waals surface area contributed by atoms with Gasteiger partial charge in [-0.15, -0.1) is 0 Å². The number of hydrogen-bond donors (Lipinski definition) is 1. The minimum Gasteiger partial charge on any atom is -0.331 e. The molecule has 2 nitrogen and oxygen atoms in total. The van der Waals surface area contributed by atoms with Crippen LogP contribution in [0.15, 0.2) is 12.1 Å². The van der Waals surface area contributed by atoms with E-state index in [-0.39, 0.29) is 0 Å². The van der Waals surface area contributed by atoms with Gasteiger partial charge in [0, 0.05) is 6.04 Å². The van der Waals surface area contributed by atoms with Gasteiger partial charge in [0.05, 0.1) is 21.1 Å². The van der Waals surface area contributed by atoms with Gasteiger partial charge in [-0.1, -0.05) is 49.4 Å². The Morgan fingerprint density at radius 2 is 1.95 bits per heavy atom. The summed E-state index contributed by atoms with van der Waals surface area (Å²) in [6.45, 7) is 2.27. The fraction of sp³-hybridized carbons (Fsp3) is 0.533. The molecule has 1 saturated carbocycles. The molecule has 1 aliphatic carbocycles. The lowest BCUT2D eigenvalue weighted by Gasteiger charge is -2.32. The van der Waals surface area contributed by atoms with Crippen LogP contribution in [0, 0.1) is 10.7 Å². The van der Waals surface area contributed by atoms with Crippen LogP contribution in [-0.2, 0) is 0 Å². The Balaban J connectivity index is 2.17. The van der Waals surface area contributed by atoms with Crippen molar-refractivity contribution in [1.82, 2.24) is 9.55 Å². The second kappa shape index (κ2) is 5.70. The van der Waals surface area contributed by atoms with E-state index < -0.39 is 0 Å². The normalized spacial score (nSPS) is 23.4. The molecule has 2 unspecified atom stereocenters. The third kappa shape index (κ3) is 2.40. The molecule has 1 heterocycles. The van der Waals surface area contributed by atoms with Crippen molar-refractivity contribution in [2.45, 2.75) is 45.1 Å². The maximum absolute atomic E-state index is 6.18. The van der Waals surface area contributed by atoms with Crippen molar-refractivity contribution in [3.8, 4) is 0 Å². The zero-order chi connectivity index (χ0) is 14.3. The lowest BCUT2D eigenvalue weighted by molar-refractivity contribution is 0.235. The Hall–Kier alpha value is -0.510. The predicted octanol–water partition coefficient (Wildman–Crippen LogP) is 6.15. The summed E-state index contributed by atoms with van der Waals surface area (Å²) >= 11 is 17.8. The third-order valence-electron chi connectivity index (χ3n) is 4.48. The monoisotopic (exact) mass is 328 g/mol. The number of imidazole rings is 1. The van der Waals surface area contributed by atoms with Gasteiger partial charge >= 0.3 is 0 Å². The van der Waals surface area contributed by atoms with E-state index >= 15 is 0 Å². The Morgan fingerprint density at radius 1 is 1.25 bits per heavy atom. The topological polar surface area (TPSA) is 20.7 Å². The van der Waals surface area contributed by atoms with Gasteiger partial charge < -0.3 is 9.55 Å². The van der Waals surface area contributed by atoms with Crippen molar-refractivity contribution in [1.29, 1.82) is 0 Å². The number of halogens is 2. The fourth-order valence-corrected chi connectivity index (χ4v) is 4.12. The molecule has 1 N–H and O–H groups in total. The van der Waals surface area contributed by atoms with Gasteiger partial charge in [-0.05, 0) is 43.1 Å². The van der Waals surface area contributed by atoms with Gasteiger partial charge in [0.2, 0.25) is 0 Å². The average Bonchev–Trinajstić information content (AvgIpc) is 2.74. The highest BCUT2D eigenvalue weighted by molar-refractivity contribution is 7.71. The molecule has 3 rings (SSSR count). The molecular formula is C15H18Cl2N2S. The molecule has 0 radical (unpaired) electrons. The molecule has 0 aliphatic heterocycles. The van der Waals surface area contributed by atoms with Crippen molar-refractivity contribution in [2.24, 2.45) is 5.92 Å². The summed E-state index contributed by atoms with van der Waals surface area (Å²) in [7, 11) is 0. The third-order valence-corrected chi connectivity index (χ3v) is 5.50.